The molecule has 1 saturated heterocycles. The van der Waals surface area contributed by atoms with Gasteiger partial charge in [0.2, 0.25) is 0 Å². The molecule has 0 atom stereocenters. The molecule has 1 aliphatic rings. The van der Waals surface area contributed by atoms with Gasteiger partial charge < -0.3 is 20.3 Å². The first-order chi connectivity index (χ1) is 10.3. The molecule has 0 unspecified atom stereocenters. The van der Waals surface area contributed by atoms with Crippen LogP contribution in [0.2, 0.25) is 0 Å². The molecule has 1 fully saturated rings. The van der Waals surface area contributed by atoms with E-state index in [-0.39, 0.29) is 5.97 Å². The molecule has 0 aromatic carbocycles. The molecule has 1 aliphatic heterocycles. The Labute approximate surface area is 128 Å². The van der Waals surface area contributed by atoms with Gasteiger partial charge in [-0.3, -0.25) is 9.79 Å². The van der Waals surface area contributed by atoms with E-state index in [1.807, 2.05) is 6.92 Å². The highest BCUT2D eigenvalue weighted by atomic mass is 16.5. The number of piperidine rings is 1. The fourth-order valence-corrected chi connectivity index (χ4v) is 2.41. The molecule has 0 spiro atoms. The first-order valence-corrected chi connectivity index (χ1v) is 8.08. The summed E-state index contributed by atoms with van der Waals surface area (Å²) in [5.41, 5.74) is 0. The van der Waals surface area contributed by atoms with E-state index < -0.39 is 0 Å². The van der Waals surface area contributed by atoms with Crippen LogP contribution in [0.1, 0.15) is 39.0 Å². The Morgan fingerprint density at radius 1 is 1.19 bits per heavy atom. The van der Waals surface area contributed by atoms with Crippen LogP contribution in [0.15, 0.2) is 4.99 Å². The lowest BCUT2D eigenvalue weighted by Crippen LogP contribution is -2.42. The highest BCUT2D eigenvalue weighted by Gasteiger charge is 2.09. The molecule has 6 heteroatoms. The van der Waals surface area contributed by atoms with Crippen LogP contribution in [0.4, 0.5) is 0 Å². The second kappa shape index (κ2) is 11.4. The van der Waals surface area contributed by atoms with Crippen LogP contribution in [0.5, 0.6) is 0 Å². The molecule has 0 aliphatic carbocycles. The Morgan fingerprint density at radius 2 is 1.90 bits per heavy atom. The maximum Gasteiger partial charge on any atom is 0.305 e. The number of nitrogens with zero attached hydrogens (tertiary/aromatic N) is 2. The molecular formula is C15H30N4O2. The number of esters is 1. The van der Waals surface area contributed by atoms with Crippen molar-refractivity contribution in [1.29, 1.82) is 0 Å². The zero-order valence-electron chi connectivity index (χ0n) is 13.5. The van der Waals surface area contributed by atoms with Gasteiger partial charge >= 0.3 is 5.97 Å². The lowest BCUT2D eigenvalue weighted by atomic mass is 10.1. The standard InChI is InChI=1S/C15H30N4O2/c1-3-21-14(20)8-7-9-17-15(16-2)18-10-13-19-11-5-4-6-12-19/h3-13H2,1-2H3,(H2,16,17,18). The van der Waals surface area contributed by atoms with Crippen molar-refractivity contribution < 1.29 is 9.53 Å². The maximum atomic E-state index is 11.2. The number of aliphatic imine (C=N–C) groups is 1. The average molecular weight is 298 g/mol. The minimum absolute atomic E-state index is 0.132. The minimum atomic E-state index is -0.132. The Bertz CT molecular complexity index is 315. The third-order valence-corrected chi connectivity index (χ3v) is 3.55. The Hall–Kier alpha value is -1.30. The number of hydrogen-bond acceptors (Lipinski definition) is 4. The lowest BCUT2D eigenvalue weighted by Gasteiger charge is -2.26. The molecule has 21 heavy (non-hydrogen) atoms. The first-order valence-electron chi connectivity index (χ1n) is 8.08. The van der Waals surface area contributed by atoms with E-state index >= 15 is 0 Å². The molecule has 122 valence electrons. The highest BCUT2D eigenvalue weighted by molar-refractivity contribution is 5.79. The molecule has 1 heterocycles. The largest absolute Gasteiger partial charge is 0.466 e. The van der Waals surface area contributed by atoms with Crippen LogP contribution >= 0.6 is 0 Å². The van der Waals surface area contributed by atoms with Gasteiger partial charge in [0.15, 0.2) is 5.96 Å². The average Bonchev–Trinajstić information content (AvgIpc) is 2.51. The highest BCUT2D eigenvalue weighted by Crippen LogP contribution is 2.07. The Morgan fingerprint density at radius 3 is 2.57 bits per heavy atom. The number of hydrogen-bond donors (Lipinski definition) is 2. The van der Waals surface area contributed by atoms with Crippen molar-refractivity contribution in [2.45, 2.75) is 39.0 Å². The van der Waals surface area contributed by atoms with Crippen molar-refractivity contribution in [2.75, 3.05) is 46.4 Å². The van der Waals surface area contributed by atoms with Crippen LogP contribution in [0, 0.1) is 0 Å². The zero-order chi connectivity index (χ0) is 15.3. The summed E-state index contributed by atoms with van der Waals surface area (Å²) in [6, 6.07) is 0. The summed E-state index contributed by atoms with van der Waals surface area (Å²) in [4.78, 5) is 17.9. The first kappa shape index (κ1) is 17.8. The van der Waals surface area contributed by atoms with E-state index in [4.69, 9.17) is 4.74 Å². The summed E-state index contributed by atoms with van der Waals surface area (Å²) < 4.78 is 4.89. The van der Waals surface area contributed by atoms with E-state index in [9.17, 15) is 4.79 Å². The number of likely N-dealkylation sites (tertiary alicyclic amines) is 1. The zero-order valence-corrected chi connectivity index (χ0v) is 13.5. The van der Waals surface area contributed by atoms with Crippen molar-refractivity contribution in [1.82, 2.24) is 15.5 Å². The quantitative estimate of drug-likeness (QED) is 0.303. The maximum absolute atomic E-state index is 11.2. The van der Waals surface area contributed by atoms with Gasteiger partial charge in [-0.1, -0.05) is 6.42 Å². The molecule has 0 saturated carbocycles. The van der Waals surface area contributed by atoms with Gasteiger partial charge in [0.1, 0.15) is 0 Å². The van der Waals surface area contributed by atoms with Crippen LogP contribution in [0.25, 0.3) is 0 Å². The lowest BCUT2D eigenvalue weighted by molar-refractivity contribution is -0.143. The number of carbonyl (C=O) groups excluding carboxylic acids is 1. The third-order valence-electron chi connectivity index (χ3n) is 3.55. The van der Waals surface area contributed by atoms with Crippen LogP contribution in [0.3, 0.4) is 0 Å². The predicted molar refractivity (Wildman–Crippen MR) is 85.5 cm³/mol. The van der Waals surface area contributed by atoms with Gasteiger partial charge in [-0.05, 0) is 39.3 Å². The number of nitrogens with one attached hydrogen (secondary N) is 2. The SMILES string of the molecule is CCOC(=O)CCCNC(=NC)NCCN1CCCCC1. The number of ether oxygens (including phenoxy) is 1. The van der Waals surface area contributed by atoms with Gasteiger partial charge in [-0.2, -0.15) is 0 Å². The molecule has 1 rings (SSSR count). The topological polar surface area (TPSA) is 66.0 Å². The summed E-state index contributed by atoms with van der Waals surface area (Å²) in [7, 11) is 1.77. The van der Waals surface area contributed by atoms with Crippen molar-refractivity contribution >= 4 is 11.9 Å². The van der Waals surface area contributed by atoms with Crippen molar-refractivity contribution in [2.24, 2.45) is 4.99 Å². The molecular weight excluding hydrogens is 268 g/mol. The summed E-state index contributed by atoms with van der Waals surface area (Å²) in [5, 5.41) is 6.53. The molecule has 0 aromatic heterocycles. The van der Waals surface area contributed by atoms with Gasteiger partial charge in [0.05, 0.1) is 6.61 Å². The third kappa shape index (κ3) is 8.55. The predicted octanol–water partition coefficient (Wildman–Crippen LogP) is 0.981. The van der Waals surface area contributed by atoms with Crippen molar-refractivity contribution in [3.8, 4) is 0 Å². The van der Waals surface area contributed by atoms with E-state index in [0.29, 0.717) is 13.0 Å². The summed E-state index contributed by atoms with van der Waals surface area (Å²) in [6.45, 7) is 7.39. The molecule has 0 amide bonds. The monoisotopic (exact) mass is 298 g/mol. The Balaban J connectivity index is 2.04. The summed E-state index contributed by atoms with van der Waals surface area (Å²) >= 11 is 0. The van der Waals surface area contributed by atoms with Gasteiger partial charge in [-0.15, -0.1) is 0 Å². The molecule has 0 bridgehead atoms. The van der Waals surface area contributed by atoms with E-state index in [2.05, 4.69) is 20.5 Å². The molecule has 6 nitrogen and oxygen atoms in total. The van der Waals surface area contributed by atoms with Crippen molar-refractivity contribution in [3.63, 3.8) is 0 Å². The number of guanidine groups is 1. The van der Waals surface area contributed by atoms with Crippen LogP contribution < -0.4 is 10.6 Å². The second-order valence-electron chi connectivity index (χ2n) is 5.24. The fraction of sp³-hybridized carbons (Fsp3) is 0.867. The molecule has 2 N–H and O–H groups in total. The number of carbonyl (C=O) groups is 1. The van der Waals surface area contributed by atoms with Crippen LogP contribution in [-0.4, -0.2) is 63.2 Å². The normalized spacial score (nSPS) is 16.6. The van der Waals surface area contributed by atoms with Gasteiger partial charge in [-0.25, -0.2) is 0 Å². The molecule has 0 radical (unpaired) electrons. The summed E-state index contributed by atoms with van der Waals surface area (Å²) in [5.74, 6) is 0.670. The fourth-order valence-electron chi connectivity index (χ4n) is 2.41. The van der Waals surface area contributed by atoms with E-state index in [0.717, 1.165) is 32.0 Å². The molecule has 0 aromatic rings. The smallest absolute Gasteiger partial charge is 0.305 e. The van der Waals surface area contributed by atoms with Gasteiger partial charge in [0.25, 0.3) is 0 Å². The van der Waals surface area contributed by atoms with Gasteiger partial charge in [0, 0.05) is 33.1 Å². The Kier molecular flexibility index (Phi) is 9.61. The van der Waals surface area contributed by atoms with Crippen LogP contribution in [-0.2, 0) is 9.53 Å². The summed E-state index contributed by atoms with van der Waals surface area (Å²) in [6.07, 6.45) is 5.21. The van der Waals surface area contributed by atoms with E-state index in [1.165, 1.54) is 32.4 Å². The van der Waals surface area contributed by atoms with Crippen molar-refractivity contribution in [3.05, 3.63) is 0 Å². The number of rotatable bonds is 8. The minimum Gasteiger partial charge on any atom is -0.466 e. The van der Waals surface area contributed by atoms with E-state index in [1.54, 1.807) is 7.05 Å². The second-order valence-corrected chi connectivity index (χ2v) is 5.24.